The Hall–Kier alpha value is -1.70. The summed E-state index contributed by atoms with van der Waals surface area (Å²) in [5.41, 5.74) is 5.57. The molecule has 2 aromatic rings. The summed E-state index contributed by atoms with van der Waals surface area (Å²) in [7, 11) is 2.09. The average molecular weight is 277 g/mol. The van der Waals surface area contributed by atoms with Crippen LogP contribution in [0.1, 0.15) is 0 Å². The van der Waals surface area contributed by atoms with E-state index < -0.39 is 0 Å². The first-order chi connectivity index (χ1) is 9.78. The van der Waals surface area contributed by atoms with Crippen LogP contribution in [-0.4, -0.2) is 62.6 Å². The van der Waals surface area contributed by atoms with Crippen LogP contribution in [0.25, 0.3) is 0 Å². The summed E-state index contributed by atoms with van der Waals surface area (Å²) in [6.45, 7) is 5.02. The van der Waals surface area contributed by atoms with Crippen molar-refractivity contribution in [3.05, 3.63) is 36.9 Å². The summed E-state index contributed by atoms with van der Waals surface area (Å²) in [6, 6.07) is 3.87. The molecule has 0 radical (unpaired) electrons. The van der Waals surface area contributed by atoms with Crippen molar-refractivity contribution in [2.75, 3.05) is 33.2 Å². The van der Waals surface area contributed by atoms with Crippen molar-refractivity contribution < 1.29 is 0 Å². The zero-order valence-corrected chi connectivity index (χ0v) is 12.0. The number of hydrogen-bond donors (Lipinski definition) is 1. The molecule has 0 unspecified atom stereocenters. The molecule has 0 bridgehead atoms. The average Bonchev–Trinajstić information content (AvgIpc) is 3.10. The second-order valence-corrected chi connectivity index (χ2v) is 4.86. The van der Waals surface area contributed by atoms with Crippen LogP contribution in [0.3, 0.4) is 0 Å². The molecule has 0 fully saturated rings. The van der Waals surface area contributed by atoms with Gasteiger partial charge in [0.15, 0.2) is 0 Å². The van der Waals surface area contributed by atoms with Crippen molar-refractivity contribution in [1.82, 2.24) is 29.4 Å². The van der Waals surface area contributed by atoms with Gasteiger partial charge in [0.05, 0.1) is 13.3 Å². The van der Waals surface area contributed by atoms with E-state index in [1.54, 1.807) is 12.4 Å². The maximum atomic E-state index is 5.57. The van der Waals surface area contributed by atoms with Gasteiger partial charge in [0.25, 0.3) is 0 Å². The minimum absolute atomic E-state index is 0.689. The molecule has 0 aliphatic rings. The fraction of sp³-hybridized carbons (Fsp3) is 0.538. The highest BCUT2D eigenvalue weighted by molar-refractivity contribution is 4.79. The van der Waals surface area contributed by atoms with E-state index in [0.717, 1.165) is 33.0 Å². The van der Waals surface area contributed by atoms with Crippen LogP contribution in [-0.2, 0) is 13.3 Å². The molecule has 0 saturated carbocycles. The Kier molecular flexibility index (Phi) is 5.72. The monoisotopic (exact) mass is 277 g/mol. The van der Waals surface area contributed by atoms with Crippen molar-refractivity contribution in [1.29, 1.82) is 0 Å². The first-order valence-corrected chi connectivity index (χ1v) is 6.84. The van der Waals surface area contributed by atoms with Gasteiger partial charge in [-0.05, 0) is 19.2 Å². The molecule has 0 aromatic carbocycles. The Balaban J connectivity index is 1.89. The van der Waals surface area contributed by atoms with Crippen LogP contribution in [0.15, 0.2) is 36.9 Å². The third-order valence-electron chi connectivity index (χ3n) is 3.12. The minimum atomic E-state index is 0.689. The SMILES string of the molecule is CN(CCN)CCN(Cn1cccn1)Cn1cccn1. The minimum Gasteiger partial charge on any atom is -0.329 e. The topological polar surface area (TPSA) is 68.1 Å². The van der Waals surface area contributed by atoms with Gasteiger partial charge in [-0.1, -0.05) is 0 Å². The highest BCUT2D eigenvalue weighted by atomic mass is 15.4. The number of rotatable bonds is 9. The van der Waals surface area contributed by atoms with Gasteiger partial charge < -0.3 is 10.6 Å². The lowest BCUT2D eigenvalue weighted by molar-refractivity contribution is 0.136. The molecule has 7 heteroatoms. The Morgan fingerprint density at radius 1 is 0.950 bits per heavy atom. The van der Waals surface area contributed by atoms with E-state index in [-0.39, 0.29) is 0 Å². The van der Waals surface area contributed by atoms with E-state index in [9.17, 15) is 0 Å². The van der Waals surface area contributed by atoms with Crippen LogP contribution in [0.2, 0.25) is 0 Å². The number of likely N-dealkylation sites (N-methyl/N-ethyl adjacent to an activating group) is 1. The lowest BCUT2D eigenvalue weighted by atomic mass is 10.4. The van der Waals surface area contributed by atoms with Gasteiger partial charge in [0.2, 0.25) is 0 Å². The summed E-state index contributed by atoms with van der Waals surface area (Å²) in [5, 5.41) is 8.52. The zero-order valence-electron chi connectivity index (χ0n) is 12.0. The van der Waals surface area contributed by atoms with E-state index in [1.165, 1.54) is 0 Å². The zero-order chi connectivity index (χ0) is 14.2. The smallest absolute Gasteiger partial charge is 0.0943 e. The fourth-order valence-electron chi connectivity index (χ4n) is 2.01. The molecule has 0 amide bonds. The lowest BCUT2D eigenvalue weighted by Gasteiger charge is -2.25. The van der Waals surface area contributed by atoms with E-state index >= 15 is 0 Å². The Morgan fingerprint density at radius 2 is 1.55 bits per heavy atom. The molecule has 2 rings (SSSR count). The Labute approximate surface area is 119 Å². The summed E-state index contributed by atoms with van der Waals surface area (Å²) >= 11 is 0. The lowest BCUT2D eigenvalue weighted by Crippen LogP contribution is -2.37. The Morgan fingerprint density at radius 3 is 2.00 bits per heavy atom. The fourth-order valence-corrected chi connectivity index (χ4v) is 2.01. The molecule has 7 nitrogen and oxygen atoms in total. The second kappa shape index (κ2) is 7.78. The molecule has 2 N–H and O–H groups in total. The van der Waals surface area contributed by atoms with Gasteiger partial charge in [-0.15, -0.1) is 0 Å². The molecule has 2 aromatic heterocycles. The van der Waals surface area contributed by atoms with Crippen LogP contribution in [0.4, 0.5) is 0 Å². The van der Waals surface area contributed by atoms with Gasteiger partial charge in [0.1, 0.15) is 0 Å². The normalized spacial score (nSPS) is 11.6. The highest BCUT2D eigenvalue weighted by Crippen LogP contribution is 1.98. The van der Waals surface area contributed by atoms with E-state index in [1.807, 2.05) is 33.9 Å². The number of nitrogens with two attached hydrogens (primary N) is 1. The van der Waals surface area contributed by atoms with Gasteiger partial charge >= 0.3 is 0 Å². The highest BCUT2D eigenvalue weighted by Gasteiger charge is 2.08. The molecule has 20 heavy (non-hydrogen) atoms. The van der Waals surface area contributed by atoms with Crippen LogP contribution in [0, 0.1) is 0 Å². The van der Waals surface area contributed by atoms with Crippen LogP contribution < -0.4 is 5.73 Å². The maximum Gasteiger partial charge on any atom is 0.0943 e. The third-order valence-corrected chi connectivity index (χ3v) is 3.12. The predicted octanol–water partition coefficient (Wildman–Crippen LogP) is -0.113. The van der Waals surface area contributed by atoms with Gasteiger partial charge in [-0.3, -0.25) is 14.3 Å². The van der Waals surface area contributed by atoms with E-state index in [0.29, 0.717) is 6.54 Å². The summed E-state index contributed by atoms with van der Waals surface area (Å²) in [6.07, 6.45) is 7.54. The number of hydrogen-bond acceptors (Lipinski definition) is 5. The molecular formula is C13H23N7. The molecule has 0 saturated heterocycles. The van der Waals surface area contributed by atoms with Crippen molar-refractivity contribution in [2.24, 2.45) is 5.73 Å². The molecule has 110 valence electrons. The summed E-state index contributed by atoms with van der Waals surface area (Å²) < 4.78 is 3.85. The molecular weight excluding hydrogens is 254 g/mol. The third kappa shape index (κ3) is 4.76. The van der Waals surface area contributed by atoms with Gasteiger partial charge in [0, 0.05) is 51.0 Å². The van der Waals surface area contributed by atoms with Crippen LogP contribution >= 0.6 is 0 Å². The molecule has 0 aliphatic heterocycles. The van der Waals surface area contributed by atoms with Crippen molar-refractivity contribution in [3.8, 4) is 0 Å². The van der Waals surface area contributed by atoms with Crippen molar-refractivity contribution >= 4 is 0 Å². The maximum absolute atomic E-state index is 5.57. The van der Waals surface area contributed by atoms with Crippen molar-refractivity contribution in [2.45, 2.75) is 13.3 Å². The molecule has 0 spiro atoms. The predicted molar refractivity (Wildman–Crippen MR) is 77.7 cm³/mol. The molecule has 0 aliphatic carbocycles. The van der Waals surface area contributed by atoms with E-state index in [2.05, 4.69) is 27.0 Å². The standard InChI is InChI=1S/C13H23N7/c1-17(9-4-14)10-11-18(12-19-7-2-5-15-19)13-20-8-3-6-16-20/h2-3,5-8H,4,9-14H2,1H3. The van der Waals surface area contributed by atoms with Crippen molar-refractivity contribution in [3.63, 3.8) is 0 Å². The first kappa shape index (κ1) is 14.7. The van der Waals surface area contributed by atoms with E-state index in [4.69, 9.17) is 5.73 Å². The number of aromatic nitrogens is 4. The summed E-state index contributed by atoms with van der Waals surface area (Å²) in [5.74, 6) is 0. The first-order valence-electron chi connectivity index (χ1n) is 6.84. The molecule has 0 atom stereocenters. The number of nitrogens with zero attached hydrogens (tertiary/aromatic N) is 6. The quantitative estimate of drug-likeness (QED) is 0.692. The van der Waals surface area contributed by atoms with Gasteiger partial charge in [-0.2, -0.15) is 10.2 Å². The second-order valence-electron chi connectivity index (χ2n) is 4.86. The van der Waals surface area contributed by atoms with Crippen LogP contribution in [0.5, 0.6) is 0 Å². The summed E-state index contributed by atoms with van der Waals surface area (Å²) in [4.78, 5) is 4.53. The Bertz CT molecular complexity index is 415. The largest absolute Gasteiger partial charge is 0.329 e. The molecule has 2 heterocycles. The van der Waals surface area contributed by atoms with Gasteiger partial charge in [-0.25, -0.2) is 0 Å².